The van der Waals surface area contributed by atoms with Gasteiger partial charge in [-0.3, -0.25) is 0 Å². The van der Waals surface area contributed by atoms with Crippen LogP contribution in [0.25, 0.3) is 49.7 Å². The minimum atomic E-state index is 0.498. The second-order valence-corrected chi connectivity index (χ2v) is 8.42. The van der Waals surface area contributed by atoms with Crippen molar-refractivity contribution in [3.05, 3.63) is 126 Å². The zero-order valence-corrected chi connectivity index (χ0v) is 18.8. The van der Waals surface area contributed by atoms with E-state index in [0.29, 0.717) is 16.7 Å². The lowest BCUT2D eigenvalue weighted by molar-refractivity contribution is 1.18. The van der Waals surface area contributed by atoms with Gasteiger partial charge in [0.2, 0.25) is 0 Å². The average Bonchev–Trinajstić information content (AvgIpc) is 3.27. The Morgan fingerprint density at radius 3 is 1.89 bits per heavy atom. The van der Waals surface area contributed by atoms with Crippen molar-refractivity contribution in [1.29, 1.82) is 10.5 Å². The van der Waals surface area contributed by atoms with Gasteiger partial charge in [0, 0.05) is 22.0 Å². The second-order valence-electron chi connectivity index (χ2n) is 8.42. The summed E-state index contributed by atoms with van der Waals surface area (Å²) in [6, 6.07) is 43.2. The first-order valence-electron chi connectivity index (χ1n) is 11.4. The Morgan fingerprint density at radius 1 is 0.543 bits per heavy atom. The first-order chi connectivity index (χ1) is 17.3. The standard InChI is InChI=1S/C32H19N3/c33-20-24-11-7-12-25(21-34)31(24)28-15-8-16-29-32(28)27-18-17-23(22-9-3-1-4-10-22)19-30(27)35(29)26-13-5-2-6-14-26/h1-19H. The van der Waals surface area contributed by atoms with Gasteiger partial charge in [0.25, 0.3) is 0 Å². The van der Waals surface area contributed by atoms with Crippen LogP contribution in [-0.2, 0) is 0 Å². The van der Waals surface area contributed by atoms with Gasteiger partial charge in [-0.05, 0) is 53.1 Å². The SMILES string of the molecule is N#Cc1cccc(C#N)c1-c1cccc2c1c1ccc(-c3ccccc3)cc1n2-c1ccccc1. The van der Waals surface area contributed by atoms with E-state index in [1.165, 1.54) is 0 Å². The normalized spacial score (nSPS) is 10.8. The molecule has 0 amide bonds. The van der Waals surface area contributed by atoms with Crippen molar-refractivity contribution in [2.45, 2.75) is 0 Å². The maximum Gasteiger partial charge on any atom is 0.0998 e. The van der Waals surface area contributed by atoms with Crippen molar-refractivity contribution in [2.75, 3.05) is 0 Å². The topological polar surface area (TPSA) is 52.5 Å². The van der Waals surface area contributed by atoms with Gasteiger partial charge in [-0.25, -0.2) is 0 Å². The fourth-order valence-electron chi connectivity index (χ4n) is 4.97. The summed E-state index contributed by atoms with van der Waals surface area (Å²) in [5.41, 5.74) is 8.03. The highest BCUT2D eigenvalue weighted by atomic mass is 15.0. The Hall–Kier alpha value is -5.12. The van der Waals surface area contributed by atoms with Crippen LogP contribution >= 0.6 is 0 Å². The van der Waals surface area contributed by atoms with E-state index < -0.39 is 0 Å². The number of rotatable bonds is 3. The van der Waals surface area contributed by atoms with Crippen LogP contribution in [-0.4, -0.2) is 4.57 Å². The summed E-state index contributed by atoms with van der Waals surface area (Å²) in [5, 5.41) is 21.8. The van der Waals surface area contributed by atoms with Gasteiger partial charge >= 0.3 is 0 Å². The molecule has 0 radical (unpaired) electrons. The van der Waals surface area contributed by atoms with E-state index >= 15 is 0 Å². The van der Waals surface area contributed by atoms with E-state index in [4.69, 9.17) is 0 Å². The first kappa shape index (κ1) is 20.5. The van der Waals surface area contributed by atoms with E-state index in [1.807, 2.05) is 48.5 Å². The van der Waals surface area contributed by atoms with Crippen molar-refractivity contribution < 1.29 is 0 Å². The maximum atomic E-state index is 9.87. The maximum absolute atomic E-state index is 9.87. The number of nitriles is 2. The summed E-state index contributed by atoms with van der Waals surface area (Å²) in [7, 11) is 0. The van der Waals surface area contributed by atoms with Crippen LogP contribution in [0.2, 0.25) is 0 Å². The van der Waals surface area contributed by atoms with Crippen LogP contribution < -0.4 is 0 Å². The number of para-hydroxylation sites is 1. The molecule has 3 nitrogen and oxygen atoms in total. The van der Waals surface area contributed by atoms with Crippen molar-refractivity contribution >= 4 is 21.8 Å². The van der Waals surface area contributed by atoms with Crippen LogP contribution in [0.3, 0.4) is 0 Å². The van der Waals surface area contributed by atoms with Gasteiger partial charge in [0.1, 0.15) is 0 Å². The van der Waals surface area contributed by atoms with Gasteiger partial charge in [-0.2, -0.15) is 10.5 Å². The fourth-order valence-corrected chi connectivity index (χ4v) is 4.97. The molecular weight excluding hydrogens is 426 g/mol. The number of aromatic nitrogens is 1. The molecule has 0 saturated carbocycles. The smallest absolute Gasteiger partial charge is 0.0998 e. The van der Waals surface area contributed by atoms with E-state index in [0.717, 1.165) is 44.2 Å². The molecule has 6 rings (SSSR count). The Morgan fingerprint density at radius 2 is 1.20 bits per heavy atom. The summed E-state index contributed by atoms with van der Waals surface area (Å²) in [6.07, 6.45) is 0. The summed E-state index contributed by atoms with van der Waals surface area (Å²) < 4.78 is 2.27. The number of hydrogen-bond acceptors (Lipinski definition) is 2. The molecule has 3 heteroatoms. The number of nitrogens with zero attached hydrogens (tertiary/aromatic N) is 3. The van der Waals surface area contributed by atoms with Crippen LogP contribution in [0.5, 0.6) is 0 Å². The molecule has 1 aromatic heterocycles. The largest absolute Gasteiger partial charge is 0.309 e. The molecule has 35 heavy (non-hydrogen) atoms. The highest BCUT2D eigenvalue weighted by molar-refractivity contribution is 6.17. The molecule has 0 N–H and O–H groups in total. The molecule has 0 aliphatic heterocycles. The molecule has 0 aliphatic rings. The third-order valence-corrected chi connectivity index (χ3v) is 6.49. The minimum absolute atomic E-state index is 0.498. The van der Waals surface area contributed by atoms with Crippen molar-refractivity contribution in [3.8, 4) is 40.1 Å². The van der Waals surface area contributed by atoms with Crippen molar-refractivity contribution in [2.24, 2.45) is 0 Å². The lowest BCUT2D eigenvalue weighted by atomic mass is 9.92. The molecule has 6 aromatic rings. The van der Waals surface area contributed by atoms with E-state index in [2.05, 4.69) is 65.2 Å². The Kier molecular flexibility index (Phi) is 4.88. The number of fused-ring (bicyclic) bond motifs is 3. The Labute approximate surface area is 203 Å². The van der Waals surface area contributed by atoms with Crippen molar-refractivity contribution in [3.63, 3.8) is 0 Å². The molecule has 0 unspecified atom stereocenters. The van der Waals surface area contributed by atoms with Gasteiger partial charge in [-0.15, -0.1) is 0 Å². The molecule has 5 aromatic carbocycles. The van der Waals surface area contributed by atoms with E-state index in [1.54, 1.807) is 18.2 Å². The first-order valence-corrected chi connectivity index (χ1v) is 11.4. The van der Waals surface area contributed by atoms with Crippen LogP contribution in [0.1, 0.15) is 11.1 Å². The van der Waals surface area contributed by atoms with Gasteiger partial charge < -0.3 is 4.57 Å². The minimum Gasteiger partial charge on any atom is -0.309 e. The molecule has 0 saturated heterocycles. The molecule has 0 spiro atoms. The monoisotopic (exact) mass is 445 g/mol. The summed E-state index contributed by atoms with van der Waals surface area (Å²) >= 11 is 0. The third kappa shape index (κ3) is 3.27. The number of benzene rings is 5. The predicted octanol–water partition coefficient (Wildman–Crippen LogP) is 7.86. The molecule has 0 bridgehead atoms. The van der Waals surface area contributed by atoms with E-state index in [9.17, 15) is 10.5 Å². The predicted molar refractivity (Wildman–Crippen MR) is 141 cm³/mol. The van der Waals surface area contributed by atoms with Gasteiger partial charge in [0.15, 0.2) is 0 Å². The molecule has 0 fully saturated rings. The Bertz CT molecular complexity index is 1770. The molecule has 162 valence electrons. The molecule has 0 atom stereocenters. The quantitative estimate of drug-likeness (QED) is 0.278. The number of hydrogen-bond donors (Lipinski definition) is 0. The highest BCUT2D eigenvalue weighted by Gasteiger charge is 2.20. The van der Waals surface area contributed by atoms with E-state index in [-0.39, 0.29) is 0 Å². The third-order valence-electron chi connectivity index (χ3n) is 6.49. The summed E-state index contributed by atoms with van der Waals surface area (Å²) in [4.78, 5) is 0. The van der Waals surface area contributed by atoms with Crippen molar-refractivity contribution in [1.82, 2.24) is 4.57 Å². The molecule has 1 heterocycles. The summed E-state index contributed by atoms with van der Waals surface area (Å²) in [5.74, 6) is 0. The average molecular weight is 446 g/mol. The zero-order chi connectivity index (χ0) is 23.8. The highest BCUT2D eigenvalue weighted by Crippen LogP contribution is 2.41. The lowest BCUT2D eigenvalue weighted by Gasteiger charge is -2.10. The van der Waals surface area contributed by atoms with Crippen LogP contribution in [0, 0.1) is 22.7 Å². The van der Waals surface area contributed by atoms with Gasteiger partial charge in [-0.1, -0.05) is 78.9 Å². The zero-order valence-electron chi connectivity index (χ0n) is 18.8. The Balaban J connectivity index is 1.77. The van der Waals surface area contributed by atoms with Gasteiger partial charge in [0.05, 0.1) is 34.3 Å². The van der Waals surface area contributed by atoms with Crippen LogP contribution in [0.15, 0.2) is 115 Å². The fraction of sp³-hybridized carbons (Fsp3) is 0. The summed E-state index contributed by atoms with van der Waals surface area (Å²) in [6.45, 7) is 0. The van der Waals surface area contributed by atoms with Crippen LogP contribution in [0.4, 0.5) is 0 Å². The molecular formula is C32H19N3. The lowest BCUT2D eigenvalue weighted by Crippen LogP contribution is -1.94. The molecule has 0 aliphatic carbocycles. The second kappa shape index (κ2) is 8.34.